The van der Waals surface area contributed by atoms with Crippen molar-refractivity contribution in [3.63, 3.8) is 0 Å². The number of rotatable bonds is 4. The number of nitrogens with one attached hydrogen (secondary N) is 1. The molecular weight excluding hydrogens is 380 g/mol. The summed E-state index contributed by atoms with van der Waals surface area (Å²) in [5.74, 6) is -1.25. The van der Waals surface area contributed by atoms with E-state index < -0.39 is 5.97 Å². The van der Waals surface area contributed by atoms with Gasteiger partial charge in [-0.2, -0.15) is 0 Å². The molecule has 1 amide bonds. The number of amides is 1. The minimum atomic E-state index is -1.01. The van der Waals surface area contributed by atoms with E-state index >= 15 is 0 Å². The Morgan fingerprint density at radius 1 is 0.867 bits per heavy atom. The van der Waals surface area contributed by atoms with Crippen molar-refractivity contribution in [2.24, 2.45) is 0 Å². The average molecular weight is 396 g/mol. The van der Waals surface area contributed by atoms with Gasteiger partial charge in [-0.15, -0.1) is 0 Å². The van der Waals surface area contributed by atoms with Crippen molar-refractivity contribution in [3.8, 4) is 0 Å². The summed E-state index contributed by atoms with van der Waals surface area (Å²) in [4.78, 5) is 33.3. The van der Waals surface area contributed by atoms with Crippen LogP contribution in [0.3, 0.4) is 0 Å². The van der Waals surface area contributed by atoms with Crippen LogP contribution < -0.4 is 5.32 Å². The number of carbonyl (C=O) groups is 2. The van der Waals surface area contributed by atoms with E-state index in [1.54, 1.807) is 12.1 Å². The fraction of sp³-hybridized carbons (Fsp3) is 0.0435. The van der Waals surface area contributed by atoms with Crippen molar-refractivity contribution >= 4 is 50.7 Å². The van der Waals surface area contributed by atoms with E-state index in [2.05, 4.69) is 5.32 Å². The Kier molecular flexibility index (Phi) is 4.14. The third-order valence-electron chi connectivity index (χ3n) is 4.98. The predicted octanol–water partition coefficient (Wildman–Crippen LogP) is 4.07. The number of carboxylic acids is 1. The molecule has 2 N–H and O–H groups in total. The fourth-order valence-electron chi connectivity index (χ4n) is 3.58. The molecule has 0 unspecified atom stereocenters. The van der Waals surface area contributed by atoms with Crippen LogP contribution in [0.1, 0.15) is 10.4 Å². The zero-order valence-corrected chi connectivity index (χ0v) is 15.7. The zero-order chi connectivity index (χ0) is 20.7. The molecule has 5 aromatic rings. The van der Waals surface area contributed by atoms with E-state index in [1.165, 1.54) is 12.1 Å². The number of hydrogen-bond acceptors (Lipinski definition) is 4. The number of aromatic carboxylic acids is 1. The SMILES string of the molecule is O=C(Cn1c2ccccc2c2nc3ccccc3nc21)Nc1ccc(C(=O)O)cc1. The van der Waals surface area contributed by atoms with Crippen LogP contribution in [0.5, 0.6) is 0 Å². The Balaban J connectivity index is 1.54. The molecule has 0 radical (unpaired) electrons. The standard InChI is InChI=1S/C23H16N4O3/c28-20(24-15-11-9-14(10-12-15)23(29)30)13-27-19-8-4-1-5-16(19)21-22(27)26-18-7-3-2-6-17(18)25-21/h1-12H,13H2,(H,24,28)(H,29,30). The van der Waals surface area contributed by atoms with Gasteiger partial charge in [0.25, 0.3) is 0 Å². The van der Waals surface area contributed by atoms with Crippen LogP contribution in [0, 0.1) is 0 Å². The summed E-state index contributed by atoms with van der Waals surface area (Å²) < 4.78 is 1.85. The number of fused-ring (bicyclic) bond motifs is 4. The predicted molar refractivity (Wildman–Crippen MR) is 115 cm³/mol. The van der Waals surface area contributed by atoms with Crippen molar-refractivity contribution in [3.05, 3.63) is 78.4 Å². The zero-order valence-electron chi connectivity index (χ0n) is 15.7. The largest absolute Gasteiger partial charge is 0.478 e. The molecule has 5 rings (SSSR count). The highest BCUT2D eigenvalue weighted by Gasteiger charge is 2.16. The Hall–Kier alpha value is -4.26. The molecule has 0 atom stereocenters. The maximum atomic E-state index is 12.8. The van der Waals surface area contributed by atoms with Crippen LogP contribution >= 0.6 is 0 Å². The van der Waals surface area contributed by atoms with Crippen LogP contribution in [0.25, 0.3) is 33.1 Å². The van der Waals surface area contributed by atoms with Gasteiger partial charge in [0.2, 0.25) is 5.91 Å². The van der Waals surface area contributed by atoms with Gasteiger partial charge in [-0.3, -0.25) is 4.79 Å². The summed E-state index contributed by atoms with van der Waals surface area (Å²) in [7, 11) is 0. The quantitative estimate of drug-likeness (QED) is 0.477. The smallest absolute Gasteiger partial charge is 0.335 e. The maximum absolute atomic E-state index is 12.8. The van der Waals surface area contributed by atoms with Crippen molar-refractivity contribution in [2.75, 3.05) is 5.32 Å². The second-order valence-electron chi connectivity index (χ2n) is 6.92. The normalized spacial score (nSPS) is 11.2. The summed E-state index contributed by atoms with van der Waals surface area (Å²) in [6, 6.07) is 21.5. The van der Waals surface area contributed by atoms with Gasteiger partial charge in [-0.05, 0) is 42.5 Å². The molecule has 146 valence electrons. The van der Waals surface area contributed by atoms with Crippen molar-refractivity contribution in [1.29, 1.82) is 0 Å². The lowest BCUT2D eigenvalue weighted by Crippen LogP contribution is -2.19. The fourth-order valence-corrected chi connectivity index (χ4v) is 3.58. The van der Waals surface area contributed by atoms with Gasteiger partial charge < -0.3 is 15.0 Å². The van der Waals surface area contributed by atoms with E-state index in [0.29, 0.717) is 11.3 Å². The third kappa shape index (κ3) is 3.02. The molecule has 2 heterocycles. The number of carboxylic acid groups (broad SMARTS) is 1. The highest BCUT2D eigenvalue weighted by Crippen LogP contribution is 2.28. The van der Waals surface area contributed by atoms with Gasteiger partial charge >= 0.3 is 5.97 Å². The average Bonchev–Trinajstić information content (AvgIpc) is 3.05. The van der Waals surface area contributed by atoms with E-state index in [0.717, 1.165) is 27.5 Å². The molecule has 7 nitrogen and oxygen atoms in total. The number of benzene rings is 3. The molecule has 0 fully saturated rings. The number of para-hydroxylation sites is 3. The van der Waals surface area contributed by atoms with Crippen molar-refractivity contribution in [2.45, 2.75) is 6.54 Å². The second-order valence-corrected chi connectivity index (χ2v) is 6.92. The van der Waals surface area contributed by atoms with Gasteiger partial charge in [0.05, 0.1) is 22.1 Å². The number of carbonyl (C=O) groups excluding carboxylic acids is 1. The summed E-state index contributed by atoms with van der Waals surface area (Å²) in [5, 5.41) is 12.7. The van der Waals surface area contributed by atoms with Crippen LogP contribution in [0.2, 0.25) is 0 Å². The van der Waals surface area contributed by atoms with Crippen LogP contribution in [0.4, 0.5) is 5.69 Å². The van der Waals surface area contributed by atoms with Crippen molar-refractivity contribution < 1.29 is 14.7 Å². The maximum Gasteiger partial charge on any atom is 0.335 e. The first-order valence-corrected chi connectivity index (χ1v) is 9.37. The Morgan fingerprint density at radius 3 is 2.27 bits per heavy atom. The molecular formula is C23H16N4O3. The third-order valence-corrected chi connectivity index (χ3v) is 4.98. The minimum Gasteiger partial charge on any atom is -0.478 e. The van der Waals surface area contributed by atoms with E-state index in [-0.39, 0.29) is 18.0 Å². The number of anilines is 1. The summed E-state index contributed by atoms with van der Waals surface area (Å²) in [6.07, 6.45) is 0. The van der Waals surface area contributed by atoms with E-state index in [4.69, 9.17) is 15.1 Å². The van der Waals surface area contributed by atoms with Gasteiger partial charge in [0.1, 0.15) is 12.1 Å². The molecule has 0 bridgehead atoms. The minimum absolute atomic E-state index is 0.0533. The molecule has 0 saturated carbocycles. The van der Waals surface area contributed by atoms with E-state index in [9.17, 15) is 9.59 Å². The van der Waals surface area contributed by atoms with Crippen LogP contribution in [-0.2, 0) is 11.3 Å². The monoisotopic (exact) mass is 396 g/mol. The second kappa shape index (κ2) is 6.97. The van der Waals surface area contributed by atoms with Gasteiger partial charge in [-0.1, -0.05) is 30.3 Å². The van der Waals surface area contributed by atoms with Crippen LogP contribution in [-0.4, -0.2) is 31.5 Å². The number of hydrogen-bond donors (Lipinski definition) is 2. The number of nitrogens with zero attached hydrogens (tertiary/aromatic N) is 3. The molecule has 0 spiro atoms. The topological polar surface area (TPSA) is 97.1 Å². The molecule has 30 heavy (non-hydrogen) atoms. The molecule has 0 aliphatic carbocycles. The Bertz CT molecular complexity index is 1440. The Labute approximate surface area is 170 Å². The summed E-state index contributed by atoms with van der Waals surface area (Å²) in [6.45, 7) is 0.0533. The lowest BCUT2D eigenvalue weighted by atomic mass is 10.2. The van der Waals surface area contributed by atoms with E-state index in [1.807, 2.05) is 53.1 Å². The summed E-state index contributed by atoms with van der Waals surface area (Å²) >= 11 is 0. The first-order valence-electron chi connectivity index (χ1n) is 9.37. The first-order chi connectivity index (χ1) is 14.6. The lowest BCUT2D eigenvalue weighted by molar-refractivity contribution is -0.116. The Morgan fingerprint density at radius 2 is 1.53 bits per heavy atom. The van der Waals surface area contributed by atoms with Crippen LogP contribution in [0.15, 0.2) is 72.8 Å². The molecule has 0 saturated heterocycles. The van der Waals surface area contributed by atoms with Gasteiger partial charge in [-0.25, -0.2) is 14.8 Å². The summed E-state index contributed by atoms with van der Waals surface area (Å²) in [5.41, 5.74) is 4.53. The first kappa shape index (κ1) is 17.8. The molecule has 0 aliphatic heterocycles. The lowest BCUT2D eigenvalue weighted by Gasteiger charge is -2.09. The molecule has 0 aliphatic rings. The van der Waals surface area contributed by atoms with Gasteiger partial charge in [0, 0.05) is 11.1 Å². The molecule has 2 aromatic heterocycles. The highest BCUT2D eigenvalue weighted by atomic mass is 16.4. The highest BCUT2D eigenvalue weighted by molar-refractivity contribution is 6.07. The van der Waals surface area contributed by atoms with Crippen molar-refractivity contribution in [1.82, 2.24) is 14.5 Å². The molecule has 3 aromatic carbocycles. The van der Waals surface area contributed by atoms with Gasteiger partial charge in [0.15, 0.2) is 5.65 Å². The number of aromatic nitrogens is 3. The molecule has 7 heteroatoms.